The van der Waals surface area contributed by atoms with E-state index >= 15 is 0 Å². The zero-order valence-corrected chi connectivity index (χ0v) is 25.6. The number of rotatable bonds is 6. The molecule has 2 aliphatic carbocycles. The summed E-state index contributed by atoms with van der Waals surface area (Å²) in [5.41, 5.74) is 0.560. The van der Waals surface area contributed by atoms with E-state index in [1.165, 1.54) is 19.3 Å². The summed E-state index contributed by atoms with van der Waals surface area (Å²) in [4.78, 5) is 0. The monoisotopic (exact) mass is 471 g/mol. The molecule has 0 amide bonds. The van der Waals surface area contributed by atoms with Crippen LogP contribution in [-0.2, 0) is 0 Å². The zero-order valence-electron chi connectivity index (χ0n) is 25.6. The van der Waals surface area contributed by atoms with E-state index in [2.05, 4.69) is 96.9 Å². The van der Waals surface area contributed by atoms with Gasteiger partial charge in [0, 0.05) is 0 Å². The predicted molar refractivity (Wildman–Crippen MR) is 150 cm³/mol. The molecule has 0 bridgehead atoms. The third-order valence-corrected chi connectivity index (χ3v) is 5.73. The molecule has 0 aliphatic heterocycles. The van der Waals surface area contributed by atoms with E-state index in [0.717, 1.165) is 50.4 Å². The first-order valence-electron chi connectivity index (χ1n) is 14.0. The summed E-state index contributed by atoms with van der Waals surface area (Å²) in [5.74, 6) is 2.99. The van der Waals surface area contributed by atoms with Gasteiger partial charge in [-0.2, -0.15) is 0 Å². The maximum absolute atomic E-state index is 9.58. The highest BCUT2D eigenvalue weighted by atomic mass is 16.3. The van der Waals surface area contributed by atoms with Crippen molar-refractivity contribution in [2.75, 3.05) is 0 Å². The molecule has 0 aromatic heterocycles. The Hall–Kier alpha value is -0.0800. The summed E-state index contributed by atoms with van der Waals surface area (Å²) in [6.45, 7) is 31.4. The quantitative estimate of drug-likeness (QED) is 0.405. The Kier molecular flexibility index (Phi) is 16.1. The molecule has 202 valence electrons. The Bertz CT molecular complexity index is 431. The number of aliphatic hydroxyl groups is 2. The second-order valence-electron chi connectivity index (χ2n) is 15.3. The van der Waals surface area contributed by atoms with Crippen molar-refractivity contribution in [1.29, 1.82) is 0 Å². The second-order valence-corrected chi connectivity index (χ2v) is 15.3. The van der Waals surface area contributed by atoms with Crippen molar-refractivity contribution < 1.29 is 10.2 Å². The van der Waals surface area contributed by atoms with E-state index in [9.17, 15) is 10.2 Å². The lowest BCUT2D eigenvalue weighted by Gasteiger charge is -2.37. The first-order valence-corrected chi connectivity index (χ1v) is 14.0. The van der Waals surface area contributed by atoms with E-state index in [-0.39, 0.29) is 11.2 Å². The number of hydrogen-bond donors (Lipinski definition) is 2. The van der Waals surface area contributed by atoms with Crippen LogP contribution in [0, 0.1) is 34.5 Å². The average Bonchev–Trinajstić information content (AvgIpc) is 3.17. The summed E-state index contributed by atoms with van der Waals surface area (Å²) in [6, 6.07) is 0. The molecule has 2 nitrogen and oxygen atoms in total. The Morgan fingerprint density at radius 3 is 0.848 bits per heavy atom. The summed E-state index contributed by atoms with van der Waals surface area (Å²) < 4.78 is 0. The van der Waals surface area contributed by atoms with E-state index in [4.69, 9.17) is 0 Å². The van der Waals surface area contributed by atoms with Crippen LogP contribution >= 0.6 is 0 Å². The van der Waals surface area contributed by atoms with E-state index in [1.54, 1.807) is 0 Å². The highest BCUT2D eigenvalue weighted by Gasteiger charge is 2.40. The Morgan fingerprint density at radius 2 is 0.788 bits per heavy atom. The second kappa shape index (κ2) is 15.1. The first-order chi connectivity index (χ1) is 14.6. The van der Waals surface area contributed by atoms with Gasteiger partial charge in [0.1, 0.15) is 0 Å². The topological polar surface area (TPSA) is 40.5 Å². The maximum Gasteiger partial charge on any atom is 0.0652 e. The van der Waals surface area contributed by atoms with Gasteiger partial charge in [-0.15, -0.1) is 0 Å². The van der Waals surface area contributed by atoms with Crippen LogP contribution in [-0.4, -0.2) is 21.4 Å². The molecule has 0 unspecified atom stereocenters. The van der Waals surface area contributed by atoms with Crippen molar-refractivity contribution in [3.63, 3.8) is 0 Å². The van der Waals surface area contributed by atoms with Gasteiger partial charge < -0.3 is 10.2 Å². The van der Waals surface area contributed by atoms with Crippen molar-refractivity contribution in [3.8, 4) is 0 Å². The van der Waals surface area contributed by atoms with Gasteiger partial charge in [0.25, 0.3) is 0 Å². The SMILES string of the molecule is CC(C)CC(C)(C)C.CC(C)CC(C)(C)C.CC(C)CC1(O)CC1.CC(C)CC1(O)CCC1. The van der Waals surface area contributed by atoms with Crippen molar-refractivity contribution in [3.05, 3.63) is 0 Å². The minimum Gasteiger partial charge on any atom is -0.390 e. The minimum absolute atomic E-state index is 0.228. The van der Waals surface area contributed by atoms with Crippen LogP contribution in [0.3, 0.4) is 0 Å². The lowest BCUT2D eigenvalue weighted by atomic mass is 9.75. The summed E-state index contributed by atoms with van der Waals surface area (Å²) in [6.07, 6.45) is 10.00. The summed E-state index contributed by atoms with van der Waals surface area (Å²) in [5, 5.41) is 18.9. The van der Waals surface area contributed by atoms with Crippen LogP contribution in [0.2, 0.25) is 0 Å². The van der Waals surface area contributed by atoms with Crippen LogP contribution in [0.1, 0.15) is 155 Å². The largest absolute Gasteiger partial charge is 0.390 e. The van der Waals surface area contributed by atoms with E-state index < -0.39 is 0 Å². The van der Waals surface area contributed by atoms with Crippen LogP contribution in [0.4, 0.5) is 0 Å². The molecule has 2 saturated carbocycles. The first kappa shape index (κ1) is 35.1. The molecule has 0 aromatic rings. The van der Waals surface area contributed by atoms with Crippen molar-refractivity contribution in [2.24, 2.45) is 34.5 Å². The molecular weight excluding hydrogens is 404 g/mol. The van der Waals surface area contributed by atoms with Crippen molar-refractivity contribution in [1.82, 2.24) is 0 Å². The number of hydrogen-bond acceptors (Lipinski definition) is 2. The van der Waals surface area contributed by atoms with Gasteiger partial charge in [-0.1, -0.05) is 96.9 Å². The van der Waals surface area contributed by atoms with Gasteiger partial charge in [0.15, 0.2) is 0 Å². The predicted octanol–water partition coefficient (Wildman–Crippen LogP) is 9.66. The molecule has 33 heavy (non-hydrogen) atoms. The fourth-order valence-electron chi connectivity index (χ4n) is 5.11. The molecule has 0 atom stereocenters. The van der Waals surface area contributed by atoms with Gasteiger partial charge in [-0.25, -0.2) is 0 Å². The van der Waals surface area contributed by atoms with Gasteiger partial charge in [0.2, 0.25) is 0 Å². The zero-order chi connectivity index (χ0) is 26.7. The third-order valence-electron chi connectivity index (χ3n) is 5.73. The Balaban J connectivity index is 0. The van der Waals surface area contributed by atoms with Gasteiger partial charge in [-0.3, -0.25) is 0 Å². The van der Waals surface area contributed by atoms with Crippen LogP contribution in [0.5, 0.6) is 0 Å². The third kappa shape index (κ3) is 26.4. The van der Waals surface area contributed by atoms with Crippen LogP contribution < -0.4 is 0 Å². The molecule has 2 rings (SSSR count). The van der Waals surface area contributed by atoms with Gasteiger partial charge in [0.05, 0.1) is 11.2 Å². The lowest BCUT2D eigenvalue weighted by molar-refractivity contribution is -0.0493. The highest BCUT2D eigenvalue weighted by Crippen LogP contribution is 2.40. The van der Waals surface area contributed by atoms with E-state index in [1.807, 2.05) is 0 Å². The van der Waals surface area contributed by atoms with E-state index in [0.29, 0.717) is 22.7 Å². The molecule has 2 fully saturated rings. The maximum atomic E-state index is 9.58. The molecule has 2 aliphatic rings. The summed E-state index contributed by atoms with van der Waals surface area (Å²) in [7, 11) is 0. The summed E-state index contributed by atoms with van der Waals surface area (Å²) >= 11 is 0. The smallest absolute Gasteiger partial charge is 0.0652 e. The molecule has 0 spiro atoms. The normalized spacial score (nSPS) is 18.5. The highest BCUT2D eigenvalue weighted by molar-refractivity contribution is 4.93. The van der Waals surface area contributed by atoms with Crippen LogP contribution in [0.15, 0.2) is 0 Å². The molecule has 0 heterocycles. The molecule has 2 N–H and O–H groups in total. The molecule has 2 heteroatoms. The Labute approximate surface area is 210 Å². The van der Waals surface area contributed by atoms with Crippen molar-refractivity contribution >= 4 is 0 Å². The fraction of sp³-hybridized carbons (Fsp3) is 1.00. The fourth-order valence-corrected chi connectivity index (χ4v) is 5.11. The molecule has 0 aromatic carbocycles. The van der Waals surface area contributed by atoms with Crippen molar-refractivity contribution in [2.45, 2.75) is 166 Å². The molecular formula is C31H66O2. The van der Waals surface area contributed by atoms with Crippen LogP contribution in [0.25, 0.3) is 0 Å². The van der Waals surface area contributed by atoms with Gasteiger partial charge >= 0.3 is 0 Å². The standard InChI is InChI=1S/C8H16O.2C8H18.C7H14O/c1-7(2)6-8(9)4-3-5-8;2*1-7(2)6-8(3,4)5;1-6(2)5-7(8)3-4-7/h7,9H,3-6H2,1-2H3;2*7H,6H2,1-5H3;6,8H,3-5H2,1-2H3. The minimum atomic E-state index is -0.256. The molecule has 0 radical (unpaired) electrons. The molecule has 0 saturated heterocycles. The van der Waals surface area contributed by atoms with Gasteiger partial charge in [-0.05, 0) is 92.3 Å². The lowest BCUT2D eigenvalue weighted by Crippen LogP contribution is -2.37. The average molecular weight is 471 g/mol. The Morgan fingerprint density at radius 1 is 0.515 bits per heavy atom.